The van der Waals surface area contributed by atoms with Crippen LogP contribution in [-0.2, 0) is 4.79 Å². The van der Waals surface area contributed by atoms with E-state index in [4.69, 9.17) is 22.1 Å². The third-order valence-electron chi connectivity index (χ3n) is 1.77. The van der Waals surface area contributed by atoms with Gasteiger partial charge in [0.25, 0.3) is 0 Å². The Morgan fingerprint density at radius 2 is 2.22 bits per heavy atom. The van der Waals surface area contributed by atoms with E-state index in [2.05, 4.69) is 10.3 Å². The molecule has 0 spiro atoms. The largest absolute Gasteiger partial charge is 0.476 e. The van der Waals surface area contributed by atoms with Crippen LogP contribution < -0.4 is 15.8 Å². The summed E-state index contributed by atoms with van der Waals surface area (Å²) in [6.07, 6.45) is 1.50. The molecule has 18 heavy (non-hydrogen) atoms. The summed E-state index contributed by atoms with van der Waals surface area (Å²) in [5.41, 5.74) is 5.37. The van der Waals surface area contributed by atoms with E-state index < -0.39 is 6.04 Å². The summed E-state index contributed by atoms with van der Waals surface area (Å²) in [5, 5.41) is 3.17. The standard InChI is InChI=1S/C10H14ClN3O2.2ClH/c1-7(12)10(15)13-4-5-16-9-3-2-8(11)6-14-9;;/h2-3,6-7H,4-5,12H2,1H3,(H,13,15);2*1H/t7-;;/m1../s1. The van der Waals surface area contributed by atoms with Gasteiger partial charge in [-0.25, -0.2) is 4.98 Å². The van der Waals surface area contributed by atoms with Gasteiger partial charge in [0, 0.05) is 12.3 Å². The highest BCUT2D eigenvalue weighted by Crippen LogP contribution is 2.10. The van der Waals surface area contributed by atoms with Gasteiger partial charge >= 0.3 is 0 Å². The fourth-order valence-electron chi connectivity index (χ4n) is 0.938. The molecule has 1 aromatic rings. The summed E-state index contributed by atoms with van der Waals surface area (Å²) >= 11 is 5.66. The number of pyridine rings is 1. The average Bonchev–Trinajstić information content (AvgIpc) is 2.26. The topological polar surface area (TPSA) is 77.2 Å². The van der Waals surface area contributed by atoms with Gasteiger partial charge in [0.1, 0.15) is 6.61 Å². The first-order chi connectivity index (χ1) is 7.59. The predicted molar refractivity (Wildman–Crippen MR) is 75.9 cm³/mol. The Bertz CT molecular complexity index is 347. The molecule has 104 valence electrons. The van der Waals surface area contributed by atoms with Crippen molar-refractivity contribution >= 4 is 42.3 Å². The van der Waals surface area contributed by atoms with Crippen molar-refractivity contribution in [2.75, 3.05) is 13.2 Å². The van der Waals surface area contributed by atoms with Gasteiger partial charge in [-0.15, -0.1) is 24.8 Å². The van der Waals surface area contributed by atoms with Crippen LogP contribution in [0.15, 0.2) is 18.3 Å². The van der Waals surface area contributed by atoms with Crippen LogP contribution >= 0.6 is 36.4 Å². The number of carbonyl (C=O) groups excluding carboxylic acids is 1. The van der Waals surface area contributed by atoms with E-state index in [0.29, 0.717) is 24.1 Å². The fourth-order valence-corrected chi connectivity index (χ4v) is 1.05. The second-order valence-corrected chi connectivity index (χ2v) is 3.68. The number of aromatic nitrogens is 1. The molecule has 0 unspecified atom stereocenters. The van der Waals surface area contributed by atoms with Crippen LogP contribution in [0, 0.1) is 0 Å². The summed E-state index contributed by atoms with van der Waals surface area (Å²) < 4.78 is 5.27. The minimum absolute atomic E-state index is 0. The Kier molecular flexibility index (Phi) is 11.1. The van der Waals surface area contributed by atoms with Gasteiger partial charge in [0.2, 0.25) is 11.8 Å². The van der Waals surface area contributed by atoms with Crippen molar-refractivity contribution in [3.8, 4) is 5.88 Å². The van der Waals surface area contributed by atoms with Crippen molar-refractivity contribution in [2.24, 2.45) is 5.73 Å². The molecule has 0 aliphatic carbocycles. The monoisotopic (exact) mass is 315 g/mol. The van der Waals surface area contributed by atoms with Gasteiger partial charge < -0.3 is 15.8 Å². The first-order valence-corrected chi connectivity index (χ1v) is 5.25. The van der Waals surface area contributed by atoms with Crippen molar-refractivity contribution in [1.82, 2.24) is 10.3 Å². The molecule has 0 aliphatic rings. The lowest BCUT2D eigenvalue weighted by molar-refractivity contribution is -0.122. The van der Waals surface area contributed by atoms with Crippen molar-refractivity contribution < 1.29 is 9.53 Å². The molecule has 1 atom stereocenters. The molecule has 0 aliphatic heterocycles. The fraction of sp³-hybridized carbons (Fsp3) is 0.400. The highest BCUT2D eigenvalue weighted by Gasteiger charge is 2.05. The number of nitrogens with two attached hydrogens (primary N) is 1. The first-order valence-electron chi connectivity index (χ1n) is 4.87. The van der Waals surface area contributed by atoms with Crippen molar-refractivity contribution in [3.63, 3.8) is 0 Å². The van der Waals surface area contributed by atoms with Gasteiger partial charge in [-0.1, -0.05) is 11.6 Å². The van der Waals surface area contributed by atoms with Crippen molar-refractivity contribution in [1.29, 1.82) is 0 Å². The maximum Gasteiger partial charge on any atom is 0.236 e. The summed E-state index contributed by atoms with van der Waals surface area (Å²) in [6.45, 7) is 2.36. The Hall–Kier alpha value is -0.750. The van der Waals surface area contributed by atoms with Gasteiger partial charge in [0.15, 0.2) is 0 Å². The Morgan fingerprint density at radius 1 is 1.56 bits per heavy atom. The molecule has 1 aromatic heterocycles. The molecule has 1 amide bonds. The second-order valence-electron chi connectivity index (χ2n) is 3.24. The highest BCUT2D eigenvalue weighted by molar-refractivity contribution is 6.30. The number of halogens is 3. The SMILES string of the molecule is C[C@@H](N)C(=O)NCCOc1ccc(Cl)cn1.Cl.Cl. The molecule has 8 heteroatoms. The number of nitrogens with one attached hydrogen (secondary N) is 1. The van der Waals surface area contributed by atoms with Crippen LogP contribution in [-0.4, -0.2) is 30.1 Å². The lowest BCUT2D eigenvalue weighted by Gasteiger charge is -2.08. The molecule has 0 radical (unpaired) electrons. The molecule has 0 bridgehead atoms. The zero-order valence-electron chi connectivity index (χ0n) is 9.76. The predicted octanol–water partition coefficient (Wildman–Crippen LogP) is 1.42. The Balaban J connectivity index is 0. The third kappa shape index (κ3) is 7.55. The Labute approximate surface area is 123 Å². The highest BCUT2D eigenvalue weighted by atomic mass is 35.5. The molecule has 1 heterocycles. The summed E-state index contributed by atoms with van der Waals surface area (Å²) in [4.78, 5) is 15.0. The molecular weight excluding hydrogens is 300 g/mol. The summed E-state index contributed by atoms with van der Waals surface area (Å²) in [6, 6.07) is 2.84. The number of hydrogen-bond acceptors (Lipinski definition) is 4. The molecule has 3 N–H and O–H groups in total. The van der Waals surface area contributed by atoms with E-state index in [9.17, 15) is 4.79 Å². The lowest BCUT2D eigenvalue weighted by atomic mass is 10.3. The van der Waals surface area contributed by atoms with E-state index in [-0.39, 0.29) is 30.7 Å². The molecule has 1 rings (SSSR count). The van der Waals surface area contributed by atoms with Gasteiger partial charge in [-0.05, 0) is 13.0 Å². The smallest absolute Gasteiger partial charge is 0.236 e. The van der Waals surface area contributed by atoms with Crippen LogP contribution in [0.4, 0.5) is 0 Å². The quantitative estimate of drug-likeness (QED) is 0.806. The molecule has 5 nitrogen and oxygen atoms in total. The zero-order chi connectivity index (χ0) is 12.0. The number of rotatable bonds is 5. The van der Waals surface area contributed by atoms with E-state index in [0.717, 1.165) is 0 Å². The second kappa shape index (κ2) is 10.2. The van der Waals surface area contributed by atoms with E-state index in [1.54, 1.807) is 19.1 Å². The molecule has 0 saturated heterocycles. The maximum atomic E-state index is 11.1. The molecule has 0 aromatic carbocycles. The lowest BCUT2D eigenvalue weighted by Crippen LogP contribution is -2.40. The Morgan fingerprint density at radius 3 is 2.72 bits per heavy atom. The van der Waals surface area contributed by atoms with Crippen LogP contribution in [0.2, 0.25) is 5.02 Å². The van der Waals surface area contributed by atoms with Crippen LogP contribution in [0.25, 0.3) is 0 Å². The van der Waals surface area contributed by atoms with E-state index in [1.165, 1.54) is 6.20 Å². The molecular formula is C10H16Cl3N3O2. The van der Waals surface area contributed by atoms with Crippen molar-refractivity contribution in [2.45, 2.75) is 13.0 Å². The number of nitrogens with zero attached hydrogens (tertiary/aromatic N) is 1. The normalized spacial score (nSPS) is 10.6. The third-order valence-corrected chi connectivity index (χ3v) is 1.99. The van der Waals surface area contributed by atoms with Crippen molar-refractivity contribution in [3.05, 3.63) is 23.4 Å². The van der Waals surface area contributed by atoms with Gasteiger partial charge in [-0.3, -0.25) is 4.79 Å². The number of hydrogen-bond donors (Lipinski definition) is 2. The van der Waals surface area contributed by atoms with E-state index in [1.807, 2.05) is 0 Å². The molecule has 0 saturated carbocycles. The summed E-state index contributed by atoms with van der Waals surface area (Å²) in [5.74, 6) is 0.270. The number of carbonyl (C=O) groups is 1. The zero-order valence-corrected chi connectivity index (χ0v) is 12.1. The maximum absolute atomic E-state index is 11.1. The number of amides is 1. The van der Waals surface area contributed by atoms with Crippen LogP contribution in [0.1, 0.15) is 6.92 Å². The average molecular weight is 317 g/mol. The van der Waals surface area contributed by atoms with Crippen LogP contribution in [0.3, 0.4) is 0 Å². The van der Waals surface area contributed by atoms with E-state index >= 15 is 0 Å². The minimum atomic E-state index is -0.506. The molecule has 0 fully saturated rings. The number of ether oxygens (including phenoxy) is 1. The minimum Gasteiger partial charge on any atom is -0.476 e. The van der Waals surface area contributed by atoms with Crippen LogP contribution in [0.5, 0.6) is 5.88 Å². The first kappa shape index (κ1) is 19.6. The van der Waals surface area contributed by atoms with Gasteiger partial charge in [-0.2, -0.15) is 0 Å². The van der Waals surface area contributed by atoms with Gasteiger partial charge in [0.05, 0.1) is 17.6 Å². The summed E-state index contributed by atoms with van der Waals surface area (Å²) in [7, 11) is 0.